The number of ether oxygens (including phenoxy) is 2. The number of aromatic nitrogens is 2. The number of fused-ring (bicyclic) bond motifs is 1. The molecule has 14 heavy (non-hydrogen) atoms. The van der Waals surface area contributed by atoms with E-state index in [4.69, 9.17) is 9.47 Å². The van der Waals surface area contributed by atoms with Crippen LogP contribution in [0.25, 0.3) is 11.0 Å². The molecule has 1 aromatic carbocycles. The predicted octanol–water partition coefficient (Wildman–Crippen LogP) is 1.65. The van der Waals surface area contributed by atoms with Gasteiger partial charge in [0.05, 0.1) is 31.4 Å². The van der Waals surface area contributed by atoms with Gasteiger partial charge in [-0.15, -0.1) is 0 Å². The summed E-state index contributed by atoms with van der Waals surface area (Å²) in [6.07, 6.45) is 1.59. The Morgan fingerprint density at radius 1 is 1.07 bits per heavy atom. The Morgan fingerprint density at radius 3 is 2.64 bits per heavy atom. The minimum Gasteiger partial charge on any atom is -0.497 e. The van der Waals surface area contributed by atoms with Crippen LogP contribution in [0.5, 0.6) is 11.6 Å². The minimum atomic E-state index is 0.516. The first-order valence-corrected chi connectivity index (χ1v) is 4.18. The first-order chi connectivity index (χ1) is 6.83. The summed E-state index contributed by atoms with van der Waals surface area (Å²) in [5.41, 5.74) is 1.59. The van der Waals surface area contributed by atoms with Crippen LogP contribution in [0.3, 0.4) is 0 Å². The quantitative estimate of drug-likeness (QED) is 0.722. The van der Waals surface area contributed by atoms with Gasteiger partial charge in [0.2, 0.25) is 5.88 Å². The van der Waals surface area contributed by atoms with E-state index in [0.717, 1.165) is 16.8 Å². The van der Waals surface area contributed by atoms with Gasteiger partial charge in [0.25, 0.3) is 0 Å². The predicted molar refractivity (Wildman–Crippen MR) is 52.6 cm³/mol. The largest absolute Gasteiger partial charge is 0.497 e. The Bertz CT molecular complexity index is 414. The summed E-state index contributed by atoms with van der Waals surface area (Å²) in [4.78, 5) is 8.42. The van der Waals surface area contributed by atoms with Gasteiger partial charge in [-0.25, -0.2) is 9.97 Å². The lowest BCUT2D eigenvalue weighted by atomic mass is 10.3. The van der Waals surface area contributed by atoms with E-state index >= 15 is 0 Å². The molecular formula is C10H10N2O2. The van der Waals surface area contributed by atoms with E-state index in [1.165, 1.54) is 0 Å². The molecule has 0 bridgehead atoms. The first-order valence-electron chi connectivity index (χ1n) is 4.18. The van der Waals surface area contributed by atoms with E-state index in [0.29, 0.717) is 5.88 Å². The highest BCUT2D eigenvalue weighted by atomic mass is 16.5. The molecule has 1 heterocycles. The van der Waals surface area contributed by atoms with Crippen molar-refractivity contribution in [3.8, 4) is 11.6 Å². The molecule has 0 fully saturated rings. The lowest BCUT2D eigenvalue weighted by Crippen LogP contribution is -1.91. The second-order valence-corrected chi connectivity index (χ2v) is 2.77. The van der Waals surface area contributed by atoms with Crippen LogP contribution < -0.4 is 9.47 Å². The van der Waals surface area contributed by atoms with Gasteiger partial charge in [-0.2, -0.15) is 0 Å². The molecule has 2 rings (SSSR count). The molecule has 1 aromatic heterocycles. The lowest BCUT2D eigenvalue weighted by molar-refractivity contribution is 0.397. The molecule has 72 valence electrons. The summed E-state index contributed by atoms with van der Waals surface area (Å²) in [6, 6.07) is 5.53. The van der Waals surface area contributed by atoms with E-state index in [1.54, 1.807) is 20.4 Å². The van der Waals surface area contributed by atoms with Crippen molar-refractivity contribution in [2.45, 2.75) is 0 Å². The van der Waals surface area contributed by atoms with Gasteiger partial charge >= 0.3 is 0 Å². The van der Waals surface area contributed by atoms with Gasteiger partial charge < -0.3 is 9.47 Å². The Kier molecular flexibility index (Phi) is 2.18. The molecule has 0 aliphatic heterocycles. The molecule has 4 heteroatoms. The van der Waals surface area contributed by atoms with Crippen molar-refractivity contribution in [1.82, 2.24) is 9.97 Å². The second kappa shape index (κ2) is 3.49. The summed E-state index contributed by atoms with van der Waals surface area (Å²) < 4.78 is 10.1. The van der Waals surface area contributed by atoms with Crippen molar-refractivity contribution in [1.29, 1.82) is 0 Å². The average molecular weight is 190 g/mol. The summed E-state index contributed by atoms with van der Waals surface area (Å²) in [7, 11) is 3.19. The van der Waals surface area contributed by atoms with Crippen LogP contribution in [0.2, 0.25) is 0 Å². The highest BCUT2D eigenvalue weighted by molar-refractivity contribution is 5.76. The Hall–Kier alpha value is -1.84. The molecule has 0 atom stereocenters. The number of methoxy groups -OCH3 is 2. The third-order valence-electron chi connectivity index (χ3n) is 1.94. The fourth-order valence-electron chi connectivity index (χ4n) is 1.20. The Labute approximate surface area is 81.5 Å². The SMILES string of the molecule is COc1ccc2nc(OC)cnc2c1. The van der Waals surface area contributed by atoms with E-state index < -0.39 is 0 Å². The van der Waals surface area contributed by atoms with Crippen molar-refractivity contribution < 1.29 is 9.47 Å². The van der Waals surface area contributed by atoms with Crippen LogP contribution in [-0.4, -0.2) is 24.2 Å². The molecule has 0 saturated carbocycles. The zero-order chi connectivity index (χ0) is 9.97. The average Bonchev–Trinajstić information content (AvgIpc) is 2.27. The molecule has 2 aromatic rings. The maximum Gasteiger partial charge on any atom is 0.232 e. The molecule has 4 nitrogen and oxygen atoms in total. The highest BCUT2D eigenvalue weighted by Gasteiger charge is 2.00. The van der Waals surface area contributed by atoms with Gasteiger partial charge in [-0.3, -0.25) is 0 Å². The maximum absolute atomic E-state index is 5.08. The number of hydrogen-bond donors (Lipinski definition) is 0. The third kappa shape index (κ3) is 1.46. The fraction of sp³-hybridized carbons (Fsp3) is 0.200. The second-order valence-electron chi connectivity index (χ2n) is 2.77. The molecular weight excluding hydrogens is 180 g/mol. The lowest BCUT2D eigenvalue weighted by Gasteiger charge is -2.02. The molecule has 0 saturated heterocycles. The number of benzene rings is 1. The normalized spacial score (nSPS) is 10.1. The fourth-order valence-corrected chi connectivity index (χ4v) is 1.20. The van der Waals surface area contributed by atoms with Crippen LogP contribution in [0.1, 0.15) is 0 Å². The van der Waals surface area contributed by atoms with Crippen molar-refractivity contribution in [3.63, 3.8) is 0 Å². The van der Waals surface area contributed by atoms with E-state index in [2.05, 4.69) is 9.97 Å². The molecule has 0 aliphatic rings. The smallest absolute Gasteiger partial charge is 0.232 e. The number of nitrogens with zero attached hydrogens (tertiary/aromatic N) is 2. The van der Waals surface area contributed by atoms with E-state index in [1.807, 2.05) is 18.2 Å². The van der Waals surface area contributed by atoms with Gasteiger partial charge in [0.1, 0.15) is 5.75 Å². The first kappa shape index (κ1) is 8.74. The van der Waals surface area contributed by atoms with Crippen molar-refractivity contribution >= 4 is 11.0 Å². The van der Waals surface area contributed by atoms with Crippen molar-refractivity contribution in [3.05, 3.63) is 24.4 Å². The van der Waals surface area contributed by atoms with Gasteiger partial charge in [0.15, 0.2) is 0 Å². The molecule has 0 N–H and O–H groups in total. The van der Waals surface area contributed by atoms with Gasteiger partial charge in [0, 0.05) is 6.07 Å². The monoisotopic (exact) mass is 190 g/mol. The summed E-state index contributed by atoms with van der Waals surface area (Å²) in [5, 5.41) is 0. The van der Waals surface area contributed by atoms with Crippen LogP contribution in [0.4, 0.5) is 0 Å². The van der Waals surface area contributed by atoms with Gasteiger partial charge in [-0.1, -0.05) is 0 Å². The van der Waals surface area contributed by atoms with Gasteiger partial charge in [-0.05, 0) is 12.1 Å². The van der Waals surface area contributed by atoms with Crippen LogP contribution in [0, 0.1) is 0 Å². The van der Waals surface area contributed by atoms with Crippen LogP contribution >= 0.6 is 0 Å². The van der Waals surface area contributed by atoms with E-state index in [-0.39, 0.29) is 0 Å². The molecule has 0 unspecified atom stereocenters. The summed E-state index contributed by atoms with van der Waals surface area (Å²) in [6.45, 7) is 0. The molecule has 0 amide bonds. The Morgan fingerprint density at radius 2 is 1.93 bits per heavy atom. The molecule has 0 aliphatic carbocycles. The topological polar surface area (TPSA) is 44.2 Å². The zero-order valence-corrected chi connectivity index (χ0v) is 8.02. The van der Waals surface area contributed by atoms with E-state index in [9.17, 15) is 0 Å². The number of rotatable bonds is 2. The van der Waals surface area contributed by atoms with Crippen molar-refractivity contribution in [2.75, 3.05) is 14.2 Å². The highest BCUT2D eigenvalue weighted by Crippen LogP contribution is 2.18. The Balaban J connectivity index is 2.57. The summed E-state index contributed by atoms with van der Waals surface area (Å²) >= 11 is 0. The molecule has 0 spiro atoms. The summed E-state index contributed by atoms with van der Waals surface area (Å²) in [5.74, 6) is 1.29. The van der Waals surface area contributed by atoms with Crippen molar-refractivity contribution in [2.24, 2.45) is 0 Å². The third-order valence-corrected chi connectivity index (χ3v) is 1.94. The minimum absolute atomic E-state index is 0.516. The van der Waals surface area contributed by atoms with Crippen LogP contribution in [0.15, 0.2) is 24.4 Å². The van der Waals surface area contributed by atoms with Crippen LogP contribution in [-0.2, 0) is 0 Å². The molecule has 0 radical (unpaired) electrons. The number of hydrogen-bond acceptors (Lipinski definition) is 4. The zero-order valence-electron chi connectivity index (χ0n) is 8.02. The standard InChI is InChI=1S/C10H10N2O2/c1-13-7-3-4-8-9(5-7)11-6-10(12-8)14-2/h3-6H,1-2H3. The maximum atomic E-state index is 5.08.